The minimum atomic E-state index is -0.216. The average Bonchev–Trinajstić information content (AvgIpc) is 3.15. The predicted molar refractivity (Wildman–Crippen MR) is 118 cm³/mol. The van der Waals surface area contributed by atoms with E-state index in [0.29, 0.717) is 16.9 Å². The van der Waals surface area contributed by atoms with Crippen molar-refractivity contribution < 1.29 is 19.1 Å². The maximum atomic E-state index is 12.5. The Balaban J connectivity index is 1.56. The van der Waals surface area contributed by atoms with Gasteiger partial charge in [0.25, 0.3) is 5.95 Å². The van der Waals surface area contributed by atoms with Crippen LogP contribution in [0.25, 0.3) is 39.8 Å². The molecule has 0 atom stereocenters. The summed E-state index contributed by atoms with van der Waals surface area (Å²) in [5.41, 5.74) is 3.64. The summed E-state index contributed by atoms with van der Waals surface area (Å²) < 4.78 is 10.9. The Bertz CT molecular complexity index is 1350. The van der Waals surface area contributed by atoms with E-state index in [4.69, 9.17) is 9.15 Å². The maximum absolute atomic E-state index is 12.5. The zero-order valence-corrected chi connectivity index (χ0v) is 16.3. The summed E-state index contributed by atoms with van der Waals surface area (Å²) in [7, 11) is 1.64. The lowest BCUT2D eigenvalue weighted by atomic mass is 9.90. The van der Waals surface area contributed by atoms with E-state index < -0.39 is 0 Å². The van der Waals surface area contributed by atoms with E-state index in [1.54, 1.807) is 31.4 Å². The van der Waals surface area contributed by atoms with Crippen LogP contribution in [0.4, 0.5) is 0 Å². The highest BCUT2D eigenvalue weighted by molar-refractivity contribution is 6.33. The highest BCUT2D eigenvalue weighted by Gasteiger charge is 2.19. The van der Waals surface area contributed by atoms with Crippen molar-refractivity contribution in [2.45, 2.75) is 0 Å². The monoisotopic (exact) mass is 394 g/mol. The third-order valence-corrected chi connectivity index (χ3v) is 5.30. The Kier molecular flexibility index (Phi) is 4.25. The second-order valence-electron chi connectivity index (χ2n) is 7.14. The normalized spacial score (nSPS) is 14.3. The molecule has 0 saturated carbocycles. The van der Waals surface area contributed by atoms with Crippen molar-refractivity contribution in [3.05, 3.63) is 89.5 Å². The van der Waals surface area contributed by atoms with Gasteiger partial charge in [-0.3, -0.25) is 4.79 Å². The number of hydrogen-bond acceptors (Lipinski definition) is 4. The summed E-state index contributed by atoms with van der Waals surface area (Å²) in [6.07, 6.45) is 5.03. The Morgan fingerprint density at radius 2 is 1.73 bits per heavy atom. The van der Waals surface area contributed by atoms with Gasteiger partial charge in [0.05, 0.1) is 12.7 Å². The van der Waals surface area contributed by atoms with Crippen molar-refractivity contribution >= 4 is 34.3 Å². The molecule has 4 aromatic rings. The van der Waals surface area contributed by atoms with Gasteiger partial charge in [0.15, 0.2) is 5.78 Å². The number of carbonyl (C=O) groups excluding carboxylic acids is 1. The third-order valence-electron chi connectivity index (χ3n) is 5.30. The van der Waals surface area contributed by atoms with E-state index >= 15 is 0 Å². The van der Waals surface area contributed by atoms with Crippen LogP contribution in [-0.4, -0.2) is 18.0 Å². The molecule has 1 heterocycles. The molecular formula is C26H18O4. The van der Waals surface area contributed by atoms with Gasteiger partial charge in [-0.15, -0.1) is 0 Å². The summed E-state index contributed by atoms with van der Waals surface area (Å²) in [5.74, 6) is 1.01. The first-order valence-corrected chi connectivity index (χ1v) is 9.57. The number of carbonyl (C=O) groups is 1. The number of methoxy groups -OCH3 is 1. The molecule has 3 aromatic carbocycles. The number of fused-ring (bicyclic) bond motifs is 2. The van der Waals surface area contributed by atoms with E-state index in [0.717, 1.165) is 33.2 Å². The van der Waals surface area contributed by atoms with Crippen LogP contribution >= 0.6 is 0 Å². The van der Waals surface area contributed by atoms with Gasteiger partial charge >= 0.3 is 0 Å². The van der Waals surface area contributed by atoms with Gasteiger partial charge in [-0.05, 0) is 58.3 Å². The molecular weight excluding hydrogens is 376 g/mol. The van der Waals surface area contributed by atoms with Crippen LogP contribution in [0.5, 0.6) is 11.7 Å². The number of furan rings is 1. The lowest BCUT2D eigenvalue weighted by Crippen LogP contribution is -2.04. The van der Waals surface area contributed by atoms with Crippen LogP contribution in [0.3, 0.4) is 0 Å². The molecule has 0 bridgehead atoms. The van der Waals surface area contributed by atoms with Gasteiger partial charge in [0, 0.05) is 11.1 Å². The molecule has 0 radical (unpaired) electrons. The topological polar surface area (TPSA) is 59.7 Å². The minimum absolute atomic E-state index is 0.101. The first-order valence-electron chi connectivity index (χ1n) is 9.57. The molecule has 146 valence electrons. The number of rotatable bonds is 3. The van der Waals surface area contributed by atoms with Gasteiger partial charge in [0.1, 0.15) is 11.5 Å². The molecule has 1 N–H and O–H groups in total. The molecule has 1 aliphatic rings. The number of ether oxygens (including phenoxy) is 1. The molecule has 0 amide bonds. The average molecular weight is 394 g/mol. The lowest BCUT2D eigenvalue weighted by molar-refractivity contribution is -0.109. The molecule has 0 aliphatic heterocycles. The molecule has 0 saturated heterocycles. The molecule has 1 aliphatic carbocycles. The standard InChI is InChI=1S/C26H18O4/c1-29-21-10-8-17-12-19(7-6-18(17)13-21)25-15-20(26(28)30-25)14-23-22-5-3-2-4-16(22)9-11-24(23)27/h2-15,28H,1H3. The van der Waals surface area contributed by atoms with Gasteiger partial charge in [-0.1, -0.05) is 48.5 Å². The molecule has 4 nitrogen and oxygen atoms in total. The van der Waals surface area contributed by atoms with Crippen molar-refractivity contribution in [2.24, 2.45) is 0 Å². The largest absolute Gasteiger partial charge is 0.497 e. The fraction of sp³-hybridized carbons (Fsp3) is 0.0385. The molecule has 0 fully saturated rings. The van der Waals surface area contributed by atoms with Crippen LogP contribution in [0.2, 0.25) is 0 Å². The van der Waals surface area contributed by atoms with E-state index in [1.165, 1.54) is 0 Å². The number of hydrogen-bond donors (Lipinski definition) is 1. The predicted octanol–water partition coefficient (Wildman–Crippen LogP) is 5.95. The summed E-state index contributed by atoms with van der Waals surface area (Å²) in [6, 6.07) is 21.2. The van der Waals surface area contributed by atoms with Gasteiger partial charge in [-0.25, -0.2) is 0 Å². The van der Waals surface area contributed by atoms with E-state index in [-0.39, 0.29) is 11.7 Å². The zero-order chi connectivity index (χ0) is 20.7. The van der Waals surface area contributed by atoms with Gasteiger partial charge in [-0.2, -0.15) is 0 Å². The first-order chi connectivity index (χ1) is 14.6. The quantitative estimate of drug-likeness (QED) is 0.436. The molecule has 1 aromatic heterocycles. The van der Waals surface area contributed by atoms with Crippen LogP contribution in [0.15, 0.2) is 77.2 Å². The summed E-state index contributed by atoms with van der Waals surface area (Å²) in [5, 5.41) is 12.5. The van der Waals surface area contributed by atoms with Crippen molar-refractivity contribution in [3.63, 3.8) is 0 Å². The van der Waals surface area contributed by atoms with Crippen LogP contribution < -0.4 is 4.74 Å². The van der Waals surface area contributed by atoms with E-state index in [9.17, 15) is 9.90 Å². The Labute approximate surface area is 173 Å². The highest BCUT2D eigenvalue weighted by Crippen LogP contribution is 2.36. The van der Waals surface area contributed by atoms with E-state index in [2.05, 4.69) is 0 Å². The Morgan fingerprint density at radius 3 is 2.60 bits per heavy atom. The van der Waals surface area contributed by atoms with Crippen molar-refractivity contribution in [2.75, 3.05) is 7.11 Å². The Morgan fingerprint density at radius 1 is 0.933 bits per heavy atom. The number of ketones is 1. The fourth-order valence-electron chi connectivity index (χ4n) is 3.73. The lowest BCUT2D eigenvalue weighted by Gasteiger charge is -2.12. The van der Waals surface area contributed by atoms with Crippen LogP contribution in [-0.2, 0) is 4.79 Å². The first kappa shape index (κ1) is 18.0. The van der Waals surface area contributed by atoms with Crippen molar-refractivity contribution in [1.29, 1.82) is 0 Å². The smallest absolute Gasteiger partial charge is 0.289 e. The highest BCUT2D eigenvalue weighted by atomic mass is 16.5. The molecule has 4 heteroatoms. The molecule has 5 rings (SSSR count). The van der Waals surface area contributed by atoms with Crippen LogP contribution in [0.1, 0.15) is 16.7 Å². The number of benzene rings is 3. The molecule has 30 heavy (non-hydrogen) atoms. The summed E-state index contributed by atoms with van der Waals surface area (Å²) in [6.45, 7) is 0. The van der Waals surface area contributed by atoms with Crippen LogP contribution in [0, 0.1) is 0 Å². The maximum Gasteiger partial charge on any atom is 0.289 e. The van der Waals surface area contributed by atoms with Gasteiger partial charge in [0.2, 0.25) is 0 Å². The molecule has 0 unspecified atom stereocenters. The number of aromatic hydroxyl groups is 1. The second kappa shape index (κ2) is 7.08. The molecule has 0 spiro atoms. The zero-order valence-electron chi connectivity index (χ0n) is 16.3. The summed E-state index contributed by atoms with van der Waals surface area (Å²) in [4.78, 5) is 12.5. The van der Waals surface area contributed by atoms with Crippen molar-refractivity contribution in [3.8, 4) is 23.0 Å². The van der Waals surface area contributed by atoms with E-state index in [1.807, 2.05) is 60.7 Å². The second-order valence-corrected chi connectivity index (χ2v) is 7.14. The number of allylic oxidation sites excluding steroid dienone is 2. The minimum Gasteiger partial charge on any atom is -0.497 e. The fourth-order valence-corrected chi connectivity index (χ4v) is 3.73. The SMILES string of the molecule is COc1ccc2cc(-c3cc(C=C4C(=O)C=Cc5ccccc54)c(O)o3)ccc2c1. The van der Waals surface area contributed by atoms with Crippen molar-refractivity contribution in [1.82, 2.24) is 0 Å². The Hall–Kier alpha value is -4.05. The summed E-state index contributed by atoms with van der Waals surface area (Å²) >= 11 is 0. The van der Waals surface area contributed by atoms with Gasteiger partial charge < -0.3 is 14.3 Å². The third kappa shape index (κ3) is 3.08.